The van der Waals surface area contributed by atoms with E-state index in [1.54, 1.807) is 12.1 Å². The standard InChI is InChI=1S/C23H22FN5O2S/c24-17-6-8-19(9-7-17)31-14-21-25-18(15-32-21)12-22(30)28-10-3-4-16(13-28)23-27-26-20-5-1-2-11-29(20)23/h1-2,5-9,11,15-16H,3-4,10,12-14H2/t16-/m0/s1. The third-order valence-corrected chi connectivity index (χ3v) is 6.46. The number of carbonyl (C=O) groups is 1. The normalized spacial score (nSPS) is 16.4. The van der Waals surface area contributed by atoms with Crippen LogP contribution in [0.4, 0.5) is 4.39 Å². The molecule has 0 radical (unpaired) electrons. The topological polar surface area (TPSA) is 72.6 Å². The van der Waals surface area contributed by atoms with E-state index in [1.165, 1.54) is 23.5 Å². The van der Waals surface area contributed by atoms with Crippen LogP contribution in [-0.4, -0.2) is 43.5 Å². The number of rotatable bonds is 6. The van der Waals surface area contributed by atoms with Crippen molar-refractivity contribution in [2.75, 3.05) is 13.1 Å². The van der Waals surface area contributed by atoms with Crippen LogP contribution >= 0.6 is 11.3 Å². The number of aromatic nitrogens is 4. The first kappa shape index (κ1) is 20.6. The lowest BCUT2D eigenvalue weighted by molar-refractivity contribution is -0.131. The molecule has 1 atom stereocenters. The lowest BCUT2D eigenvalue weighted by Gasteiger charge is -2.32. The van der Waals surface area contributed by atoms with Gasteiger partial charge in [-0.15, -0.1) is 21.5 Å². The molecule has 9 heteroatoms. The highest BCUT2D eigenvalue weighted by Crippen LogP contribution is 2.26. The summed E-state index contributed by atoms with van der Waals surface area (Å²) in [5.74, 6) is 1.43. The molecule has 4 heterocycles. The Kier molecular flexibility index (Phi) is 5.81. The number of benzene rings is 1. The fraction of sp³-hybridized carbons (Fsp3) is 0.304. The Morgan fingerprint density at radius 2 is 2.06 bits per heavy atom. The van der Waals surface area contributed by atoms with Crippen molar-refractivity contribution in [2.24, 2.45) is 0 Å². The second kappa shape index (κ2) is 9.04. The predicted molar refractivity (Wildman–Crippen MR) is 118 cm³/mol. The molecule has 5 rings (SSSR count). The molecule has 1 saturated heterocycles. The fourth-order valence-electron chi connectivity index (χ4n) is 3.99. The molecule has 4 aromatic rings. The van der Waals surface area contributed by atoms with Gasteiger partial charge < -0.3 is 9.64 Å². The van der Waals surface area contributed by atoms with Crippen LogP contribution in [0.1, 0.15) is 35.3 Å². The van der Waals surface area contributed by atoms with E-state index in [9.17, 15) is 9.18 Å². The molecule has 1 aliphatic rings. The first-order valence-electron chi connectivity index (χ1n) is 10.5. The van der Waals surface area contributed by atoms with Crippen molar-refractivity contribution in [3.05, 3.63) is 76.4 Å². The van der Waals surface area contributed by atoms with Gasteiger partial charge in [-0.2, -0.15) is 0 Å². The van der Waals surface area contributed by atoms with Gasteiger partial charge in [0, 0.05) is 30.6 Å². The van der Waals surface area contributed by atoms with E-state index in [1.807, 2.05) is 39.1 Å². The molecule has 7 nitrogen and oxygen atoms in total. The van der Waals surface area contributed by atoms with E-state index >= 15 is 0 Å². The van der Waals surface area contributed by atoms with Gasteiger partial charge in [-0.3, -0.25) is 9.20 Å². The number of ether oxygens (including phenoxy) is 1. The van der Waals surface area contributed by atoms with Crippen LogP contribution in [0.3, 0.4) is 0 Å². The number of fused-ring (bicyclic) bond motifs is 1. The van der Waals surface area contributed by atoms with Gasteiger partial charge in [-0.25, -0.2) is 9.37 Å². The number of likely N-dealkylation sites (tertiary alicyclic amines) is 1. The monoisotopic (exact) mass is 451 g/mol. The van der Waals surface area contributed by atoms with E-state index < -0.39 is 0 Å². The second-order valence-corrected chi connectivity index (χ2v) is 8.76. The van der Waals surface area contributed by atoms with E-state index in [0.717, 1.165) is 41.6 Å². The van der Waals surface area contributed by atoms with Crippen molar-refractivity contribution in [1.82, 2.24) is 24.5 Å². The molecule has 0 unspecified atom stereocenters. The molecular weight excluding hydrogens is 429 g/mol. The van der Waals surface area contributed by atoms with Crippen LogP contribution < -0.4 is 4.74 Å². The van der Waals surface area contributed by atoms with E-state index in [2.05, 4.69) is 15.2 Å². The van der Waals surface area contributed by atoms with Crippen LogP contribution in [0.2, 0.25) is 0 Å². The Balaban J connectivity index is 1.19. The molecule has 0 spiro atoms. The van der Waals surface area contributed by atoms with Gasteiger partial charge in [0.05, 0.1) is 12.1 Å². The number of thiazole rings is 1. The molecule has 1 fully saturated rings. The molecule has 1 amide bonds. The van der Waals surface area contributed by atoms with Crippen LogP contribution in [0.15, 0.2) is 54.0 Å². The van der Waals surface area contributed by atoms with Crippen LogP contribution in [0.5, 0.6) is 5.75 Å². The first-order valence-corrected chi connectivity index (χ1v) is 11.4. The Labute approximate surface area is 188 Å². The zero-order valence-corrected chi connectivity index (χ0v) is 18.2. The lowest BCUT2D eigenvalue weighted by Crippen LogP contribution is -2.40. The smallest absolute Gasteiger partial charge is 0.228 e. The highest BCUT2D eigenvalue weighted by molar-refractivity contribution is 7.09. The van der Waals surface area contributed by atoms with Crippen LogP contribution in [-0.2, 0) is 17.8 Å². The maximum atomic E-state index is 13.0. The number of hydrogen-bond donors (Lipinski definition) is 0. The number of piperidine rings is 1. The van der Waals surface area contributed by atoms with Crippen molar-refractivity contribution >= 4 is 22.9 Å². The predicted octanol–water partition coefficient (Wildman–Crippen LogP) is 3.85. The van der Waals surface area contributed by atoms with Crippen molar-refractivity contribution in [3.63, 3.8) is 0 Å². The maximum Gasteiger partial charge on any atom is 0.228 e. The van der Waals surface area contributed by atoms with Gasteiger partial charge in [-0.1, -0.05) is 6.07 Å². The summed E-state index contributed by atoms with van der Waals surface area (Å²) in [5.41, 5.74) is 1.57. The quantitative estimate of drug-likeness (QED) is 0.445. The molecule has 0 bridgehead atoms. The van der Waals surface area contributed by atoms with Gasteiger partial charge in [0.1, 0.15) is 29.0 Å². The van der Waals surface area contributed by atoms with Gasteiger partial charge in [0.25, 0.3) is 0 Å². The molecule has 0 saturated carbocycles. The van der Waals surface area contributed by atoms with Crippen molar-refractivity contribution in [1.29, 1.82) is 0 Å². The second-order valence-electron chi connectivity index (χ2n) is 7.82. The minimum atomic E-state index is -0.301. The molecule has 0 aliphatic carbocycles. The van der Waals surface area contributed by atoms with E-state index in [0.29, 0.717) is 12.3 Å². The van der Waals surface area contributed by atoms with Crippen molar-refractivity contribution in [2.45, 2.75) is 31.8 Å². The highest BCUT2D eigenvalue weighted by atomic mass is 32.1. The summed E-state index contributed by atoms with van der Waals surface area (Å²) >= 11 is 1.46. The lowest BCUT2D eigenvalue weighted by atomic mass is 9.97. The van der Waals surface area contributed by atoms with E-state index in [4.69, 9.17) is 4.74 Å². The fourth-order valence-corrected chi connectivity index (χ4v) is 4.70. The molecule has 1 aliphatic heterocycles. The summed E-state index contributed by atoms with van der Waals surface area (Å²) < 4.78 is 20.6. The Hall–Kier alpha value is -3.33. The Morgan fingerprint density at radius 3 is 2.94 bits per heavy atom. The number of halogens is 1. The maximum absolute atomic E-state index is 13.0. The Bertz CT molecular complexity index is 1220. The number of pyridine rings is 1. The summed E-state index contributed by atoms with van der Waals surface area (Å²) in [4.78, 5) is 19.4. The Morgan fingerprint density at radius 1 is 1.19 bits per heavy atom. The number of amides is 1. The molecule has 0 N–H and O–H groups in total. The average molecular weight is 452 g/mol. The summed E-state index contributed by atoms with van der Waals surface area (Å²) in [6, 6.07) is 11.7. The van der Waals surface area contributed by atoms with Crippen LogP contribution in [0.25, 0.3) is 5.65 Å². The number of nitrogens with zero attached hydrogens (tertiary/aromatic N) is 5. The summed E-state index contributed by atoms with van der Waals surface area (Å²) in [7, 11) is 0. The zero-order chi connectivity index (χ0) is 21.9. The summed E-state index contributed by atoms with van der Waals surface area (Å²) in [6.07, 6.45) is 4.16. The minimum absolute atomic E-state index is 0.0693. The molecule has 1 aromatic carbocycles. The largest absolute Gasteiger partial charge is 0.486 e. The molecule has 164 valence electrons. The van der Waals surface area contributed by atoms with Crippen LogP contribution in [0, 0.1) is 5.82 Å². The van der Waals surface area contributed by atoms with E-state index in [-0.39, 0.29) is 30.7 Å². The molecule has 3 aromatic heterocycles. The van der Waals surface area contributed by atoms with Gasteiger partial charge in [0.2, 0.25) is 5.91 Å². The zero-order valence-electron chi connectivity index (χ0n) is 17.4. The number of carbonyl (C=O) groups excluding carboxylic acids is 1. The van der Waals surface area contributed by atoms with Gasteiger partial charge in [-0.05, 0) is 49.2 Å². The molecule has 32 heavy (non-hydrogen) atoms. The molecular formula is C23H22FN5O2S. The SMILES string of the molecule is O=C(Cc1csc(COc2ccc(F)cc2)n1)N1CCC[C@H](c2nnc3ccccn23)C1. The van der Waals surface area contributed by atoms with Crippen molar-refractivity contribution in [3.8, 4) is 5.75 Å². The highest BCUT2D eigenvalue weighted by Gasteiger charge is 2.28. The van der Waals surface area contributed by atoms with Gasteiger partial charge >= 0.3 is 0 Å². The minimum Gasteiger partial charge on any atom is -0.486 e. The summed E-state index contributed by atoms with van der Waals surface area (Å²) in [6.45, 7) is 1.67. The third-order valence-electron chi connectivity index (χ3n) is 5.59. The van der Waals surface area contributed by atoms with Crippen molar-refractivity contribution < 1.29 is 13.9 Å². The first-order chi connectivity index (χ1) is 15.7. The van der Waals surface area contributed by atoms with Gasteiger partial charge in [0.15, 0.2) is 5.65 Å². The average Bonchev–Trinajstić information content (AvgIpc) is 3.46. The third kappa shape index (κ3) is 4.47. The number of hydrogen-bond acceptors (Lipinski definition) is 6. The summed E-state index contributed by atoms with van der Waals surface area (Å²) in [5, 5.41) is 11.3.